The molecule has 0 spiro atoms. The third-order valence-corrected chi connectivity index (χ3v) is 4.31. The zero-order chi connectivity index (χ0) is 16.3. The van der Waals surface area contributed by atoms with Crippen LogP contribution in [0.5, 0.6) is 5.75 Å². The maximum Gasteiger partial charge on any atom is 0.338 e. The second-order valence-corrected chi connectivity index (χ2v) is 5.63. The van der Waals surface area contributed by atoms with Crippen LogP contribution in [-0.4, -0.2) is 24.1 Å². The number of anilines is 2. The van der Waals surface area contributed by atoms with Crippen molar-refractivity contribution >= 4 is 33.9 Å². The van der Waals surface area contributed by atoms with Crippen molar-refractivity contribution in [2.75, 3.05) is 18.2 Å². The molecule has 1 aromatic heterocycles. The Balaban J connectivity index is 2.33. The Labute approximate surface area is 131 Å². The van der Waals surface area contributed by atoms with Crippen molar-refractivity contribution in [1.29, 1.82) is 0 Å². The number of benzene rings is 1. The Morgan fingerprint density at radius 3 is 2.68 bits per heavy atom. The highest BCUT2D eigenvalue weighted by Crippen LogP contribution is 2.31. The van der Waals surface area contributed by atoms with Crippen LogP contribution in [0.25, 0.3) is 0 Å². The van der Waals surface area contributed by atoms with Crippen molar-refractivity contribution in [3.8, 4) is 5.75 Å². The van der Waals surface area contributed by atoms with E-state index in [0.29, 0.717) is 17.2 Å². The smallest absolute Gasteiger partial charge is 0.338 e. The summed E-state index contributed by atoms with van der Waals surface area (Å²) in [4.78, 5) is 24.5. The molecule has 0 aliphatic rings. The Hall–Kier alpha value is -2.54. The van der Waals surface area contributed by atoms with Crippen LogP contribution >= 0.6 is 11.3 Å². The van der Waals surface area contributed by atoms with Gasteiger partial charge in [0.05, 0.1) is 23.9 Å². The molecule has 0 bridgehead atoms. The second kappa shape index (κ2) is 6.48. The summed E-state index contributed by atoms with van der Waals surface area (Å²) in [7, 11) is 1.46. The largest absolute Gasteiger partial charge is 0.495 e. The maximum absolute atomic E-state index is 12.3. The van der Waals surface area contributed by atoms with Gasteiger partial charge in [-0.1, -0.05) is 13.0 Å². The van der Waals surface area contributed by atoms with Crippen molar-refractivity contribution in [3.05, 3.63) is 40.3 Å². The van der Waals surface area contributed by atoms with E-state index in [1.54, 1.807) is 24.3 Å². The minimum Gasteiger partial charge on any atom is -0.495 e. The predicted octanol–water partition coefficient (Wildman–Crippen LogP) is 2.85. The number of rotatable bonds is 5. The Bertz CT molecular complexity index is 724. The molecule has 116 valence electrons. The van der Waals surface area contributed by atoms with E-state index in [1.807, 2.05) is 6.92 Å². The van der Waals surface area contributed by atoms with E-state index < -0.39 is 11.9 Å². The zero-order valence-electron chi connectivity index (χ0n) is 12.2. The summed E-state index contributed by atoms with van der Waals surface area (Å²) in [6.45, 7) is 1.92. The van der Waals surface area contributed by atoms with Crippen molar-refractivity contribution in [2.45, 2.75) is 13.3 Å². The van der Waals surface area contributed by atoms with Crippen molar-refractivity contribution in [2.24, 2.45) is 0 Å². The van der Waals surface area contributed by atoms with Gasteiger partial charge in [-0.2, -0.15) is 0 Å². The van der Waals surface area contributed by atoms with Crippen LogP contribution in [0.3, 0.4) is 0 Å². The van der Waals surface area contributed by atoms with Gasteiger partial charge in [0.25, 0.3) is 5.91 Å². The molecule has 0 aliphatic carbocycles. The van der Waals surface area contributed by atoms with Crippen LogP contribution in [-0.2, 0) is 6.42 Å². The lowest BCUT2D eigenvalue weighted by Crippen LogP contribution is -2.15. The highest BCUT2D eigenvalue weighted by Gasteiger charge is 2.19. The van der Waals surface area contributed by atoms with Gasteiger partial charge in [-0.05, 0) is 24.6 Å². The fourth-order valence-corrected chi connectivity index (χ4v) is 2.94. The number of carbonyl (C=O) groups is 2. The first-order chi connectivity index (χ1) is 10.5. The van der Waals surface area contributed by atoms with Crippen LogP contribution < -0.4 is 15.8 Å². The molecule has 7 heteroatoms. The number of carbonyl (C=O) groups excluding carboxylic acids is 1. The molecular weight excluding hydrogens is 304 g/mol. The molecule has 1 heterocycles. The summed E-state index contributed by atoms with van der Waals surface area (Å²) in [6, 6.07) is 6.42. The van der Waals surface area contributed by atoms with E-state index in [1.165, 1.54) is 18.4 Å². The number of thiophene rings is 1. The molecule has 0 fully saturated rings. The van der Waals surface area contributed by atoms with Gasteiger partial charge in [-0.3, -0.25) is 4.79 Å². The number of aromatic carboxylic acids is 1. The number of nitrogens with one attached hydrogen (secondary N) is 1. The average molecular weight is 320 g/mol. The Morgan fingerprint density at radius 2 is 2.09 bits per heavy atom. The van der Waals surface area contributed by atoms with Crippen molar-refractivity contribution in [3.63, 3.8) is 0 Å². The highest BCUT2D eigenvalue weighted by molar-refractivity contribution is 7.16. The van der Waals surface area contributed by atoms with Gasteiger partial charge < -0.3 is 20.9 Å². The molecule has 4 N–H and O–H groups in total. The molecule has 22 heavy (non-hydrogen) atoms. The molecule has 2 rings (SSSR count). The van der Waals surface area contributed by atoms with Gasteiger partial charge in [0.15, 0.2) is 0 Å². The number of carboxylic acid groups (broad SMARTS) is 1. The fraction of sp³-hybridized carbons (Fsp3) is 0.200. The van der Waals surface area contributed by atoms with Gasteiger partial charge in [-0.25, -0.2) is 4.79 Å². The lowest BCUT2D eigenvalue weighted by Gasteiger charge is -2.10. The number of nitrogens with two attached hydrogens (primary N) is 1. The van der Waals surface area contributed by atoms with E-state index >= 15 is 0 Å². The minimum absolute atomic E-state index is 0.0802. The Kier molecular flexibility index (Phi) is 4.67. The Morgan fingerprint density at radius 1 is 1.36 bits per heavy atom. The number of hydrogen-bond acceptors (Lipinski definition) is 5. The summed E-state index contributed by atoms with van der Waals surface area (Å²) in [5, 5.41) is 12.1. The quantitative estimate of drug-likeness (QED) is 0.735. The fourth-order valence-electron chi connectivity index (χ4n) is 1.96. The first kappa shape index (κ1) is 15.8. The lowest BCUT2D eigenvalue weighted by atomic mass is 10.1. The van der Waals surface area contributed by atoms with Crippen LogP contribution in [0.15, 0.2) is 24.3 Å². The molecule has 1 amide bonds. The van der Waals surface area contributed by atoms with Crippen molar-refractivity contribution < 1.29 is 19.4 Å². The summed E-state index contributed by atoms with van der Waals surface area (Å²) in [6.07, 6.45) is 0.697. The molecule has 0 radical (unpaired) electrons. The SMILES string of the molecule is CCc1cc(C(=O)O)c(NC(=O)c2cccc(OC)c2N)s1. The molecule has 0 aliphatic heterocycles. The van der Waals surface area contributed by atoms with Gasteiger partial charge in [0.2, 0.25) is 0 Å². The van der Waals surface area contributed by atoms with E-state index in [-0.39, 0.29) is 16.8 Å². The molecule has 1 aromatic carbocycles. The lowest BCUT2D eigenvalue weighted by molar-refractivity contribution is 0.0698. The standard InChI is InChI=1S/C15H16N2O4S/c1-3-8-7-10(15(19)20)14(22-8)17-13(18)9-5-4-6-11(21-2)12(9)16/h4-7H,3,16H2,1-2H3,(H,17,18)(H,19,20). The van der Waals surface area contributed by atoms with E-state index in [0.717, 1.165) is 4.88 Å². The summed E-state index contributed by atoms with van der Waals surface area (Å²) >= 11 is 1.24. The maximum atomic E-state index is 12.3. The van der Waals surface area contributed by atoms with Gasteiger partial charge in [-0.15, -0.1) is 11.3 Å². The molecule has 0 unspecified atom stereocenters. The first-order valence-corrected chi connectivity index (χ1v) is 7.39. The van der Waals surface area contributed by atoms with Gasteiger partial charge >= 0.3 is 5.97 Å². The molecule has 0 saturated carbocycles. The number of methoxy groups -OCH3 is 1. The van der Waals surface area contributed by atoms with Crippen LogP contribution in [0.1, 0.15) is 32.5 Å². The van der Waals surface area contributed by atoms with E-state index in [9.17, 15) is 14.7 Å². The first-order valence-electron chi connectivity index (χ1n) is 6.57. The predicted molar refractivity (Wildman–Crippen MR) is 86.0 cm³/mol. The third-order valence-electron chi connectivity index (χ3n) is 3.12. The number of nitrogen functional groups attached to an aromatic ring is 1. The average Bonchev–Trinajstić information content (AvgIpc) is 2.90. The monoisotopic (exact) mass is 320 g/mol. The topological polar surface area (TPSA) is 102 Å². The number of para-hydroxylation sites is 1. The van der Waals surface area contributed by atoms with Crippen LogP contribution in [0.2, 0.25) is 0 Å². The number of hydrogen-bond donors (Lipinski definition) is 3. The zero-order valence-corrected chi connectivity index (χ0v) is 13.0. The van der Waals surface area contributed by atoms with Gasteiger partial charge in [0.1, 0.15) is 10.8 Å². The van der Waals surface area contributed by atoms with Crippen LogP contribution in [0.4, 0.5) is 10.7 Å². The summed E-state index contributed by atoms with van der Waals surface area (Å²) < 4.78 is 5.07. The molecule has 6 nitrogen and oxygen atoms in total. The van der Waals surface area contributed by atoms with E-state index in [2.05, 4.69) is 5.32 Å². The second-order valence-electron chi connectivity index (χ2n) is 4.49. The minimum atomic E-state index is -1.08. The number of ether oxygens (including phenoxy) is 1. The van der Waals surface area contributed by atoms with Crippen LogP contribution in [0, 0.1) is 0 Å². The third kappa shape index (κ3) is 3.04. The molecule has 0 atom stereocenters. The summed E-state index contributed by atoms with van der Waals surface area (Å²) in [5.41, 5.74) is 6.41. The van der Waals surface area contributed by atoms with E-state index in [4.69, 9.17) is 10.5 Å². The molecular formula is C15H16N2O4S. The molecule has 0 saturated heterocycles. The number of aryl methyl sites for hydroxylation is 1. The normalized spacial score (nSPS) is 10.3. The molecule has 2 aromatic rings. The summed E-state index contributed by atoms with van der Waals surface area (Å²) in [5.74, 6) is -1.15. The van der Waals surface area contributed by atoms with Gasteiger partial charge in [0, 0.05) is 4.88 Å². The highest BCUT2D eigenvalue weighted by atomic mass is 32.1. The number of carboxylic acids is 1. The number of amides is 1. The van der Waals surface area contributed by atoms with Crippen molar-refractivity contribution in [1.82, 2.24) is 0 Å².